The van der Waals surface area contributed by atoms with E-state index in [0.717, 1.165) is 17.0 Å². The lowest BCUT2D eigenvalue weighted by molar-refractivity contribution is -0.385. The molecule has 122 valence electrons. The first-order chi connectivity index (χ1) is 11.3. The van der Waals surface area contributed by atoms with Crippen molar-refractivity contribution in [1.82, 2.24) is 4.68 Å². The van der Waals surface area contributed by atoms with Crippen LogP contribution in [0.1, 0.15) is 22.4 Å². The first-order valence-electron chi connectivity index (χ1n) is 6.61. The SMILES string of the molecule is Cc1cc(C)n(/N=C\c2cc(Cl)cc([N+](=O)[O-])c2O)c(=O)c1C#N. The summed E-state index contributed by atoms with van der Waals surface area (Å²) in [6, 6.07) is 5.69. The molecule has 0 radical (unpaired) electrons. The Morgan fingerprint density at radius 3 is 2.67 bits per heavy atom. The summed E-state index contributed by atoms with van der Waals surface area (Å²) in [5, 5.41) is 33.8. The molecule has 2 aromatic rings. The summed E-state index contributed by atoms with van der Waals surface area (Å²) in [5.74, 6) is -0.619. The molecule has 0 bridgehead atoms. The zero-order valence-electron chi connectivity index (χ0n) is 12.6. The van der Waals surface area contributed by atoms with Crippen LogP contribution in [0.3, 0.4) is 0 Å². The first-order valence-corrected chi connectivity index (χ1v) is 6.98. The molecule has 0 aliphatic carbocycles. The smallest absolute Gasteiger partial charge is 0.312 e. The summed E-state index contributed by atoms with van der Waals surface area (Å²) < 4.78 is 0.970. The van der Waals surface area contributed by atoms with Gasteiger partial charge in [0.15, 0.2) is 0 Å². The first kappa shape index (κ1) is 17.2. The molecule has 0 fully saturated rings. The molecule has 0 saturated heterocycles. The topological polar surface area (TPSA) is 122 Å². The zero-order valence-corrected chi connectivity index (χ0v) is 13.4. The number of nitriles is 1. The molecule has 2 rings (SSSR count). The van der Waals surface area contributed by atoms with E-state index in [0.29, 0.717) is 11.3 Å². The Hall–Kier alpha value is -3.18. The van der Waals surface area contributed by atoms with Crippen molar-refractivity contribution in [1.29, 1.82) is 5.26 Å². The number of hydrogen-bond acceptors (Lipinski definition) is 6. The number of nitro benzene ring substituents is 1. The highest BCUT2D eigenvalue weighted by Crippen LogP contribution is 2.32. The van der Waals surface area contributed by atoms with Crippen LogP contribution in [0.2, 0.25) is 5.02 Å². The predicted molar refractivity (Wildman–Crippen MR) is 87.7 cm³/mol. The molecule has 24 heavy (non-hydrogen) atoms. The molecule has 0 atom stereocenters. The van der Waals surface area contributed by atoms with E-state index in [2.05, 4.69) is 5.10 Å². The third kappa shape index (κ3) is 3.11. The third-order valence-electron chi connectivity index (χ3n) is 3.26. The average molecular weight is 347 g/mol. The van der Waals surface area contributed by atoms with E-state index >= 15 is 0 Å². The normalized spacial score (nSPS) is 10.8. The molecule has 0 spiro atoms. The second-order valence-corrected chi connectivity index (χ2v) is 5.37. The number of rotatable bonds is 3. The van der Waals surface area contributed by atoms with E-state index in [-0.39, 0.29) is 16.1 Å². The van der Waals surface area contributed by atoms with Crippen LogP contribution < -0.4 is 5.56 Å². The number of phenols is 1. The Balaban J connectivity index is 2.60. The number of aromatic nitrogens is 1. The van der Waals surface area contributed by atoms with Crippen LogP contribution in [0.5, 0.6) is 5.75 Å². The van der Waals surface area contributed by atoms with Gasteiger partial charge in [0.05, 0.1) is 11.1 Å². The Kier molecular flexibility index (Phi) is 4.66. The van der Waals surface area contributed by atoms with E-state index in [1.165, 1.54) is 6.07 Å². The molecule has 0 saturated carbocycles. The Labute approximate surface area is 141 Å². The van der Waals surface area contributed by atoms with Gasteiger partial charge in [-0.25, -0.2) is 4.68 Å². The van der Waals surface area contributed by atoms with Crippen LogP contribution in [-0.4, -0.2) is 20.9 Å². The van der Waals surface area contributed by atoms with Gasteiger partial charge in [-0.2, -0.15) is 10.4 Å². The molecule has 0 unspecified atom stereocenters. The Bertz CT molecular complexity index is 973. The van der Waals surface area contributed by atoms with Gasteiger partial charge < -0.3 is 5.11 Å². The van der Waals surface area contributed by atoms with Crippen LogP contribution in [0, 0.1) is 35.3 Å². The number of aromatic hydroxyl groups is 1. The summed E-state index contributed by atoms with van der Waals surface area (Å²) in [6.07, 6.45) is 1.07. The maximum Gasteiger partial charge on any atom is 0.312 e. The lowest BCUT2D eigenvalue weighted by Gasteiger charge is -2.06. The van der Waals surface area contributed by atoms with Gasteiger partial charge in [0.1, 0.15) is 11.6 Å². The van der Waals surface area contributed by atoms with Crippen LogP contribution in [-0.2, 0) is 0 Å². The van der Waals surface area contributed by atoms with Crippen molar-refractivity contribution >= 4 is 23.5 Å². The number of halogens is 1. The summed E-state index contributed by atoms with van der Waals surface area (Å²) in [4.78, 5) is 22.3. The number of hydrogen-bond donors (Lipinski definition) is 1. The molecule has 1 aromatic heterocycles. The molecule has 0 aliphatic heterocycles. The van der Waals surface area contributed by atoms with Crippen molar-refractivity contribution in [3.05, 3.63) is 66.1 Å². The van der Waals surface area contributed by atoms with E-state index in [9.17, 15) is 20.0 Å². The largest absolute Gasteiger partial charge is 0.502 e. The maximum atomic E-state index is 12.2. The van der Waals surface area contributed by atoms with E-state index in [4.69, 9.17) is 16.9 Å². The fourth-order valence-corrected chi connectivity index (χ4v) is 2.34. The van der Waals surface area contributed by atoms with E-state index < -0.39 is 21.9 Å². The quantitative estimate of drug-likeness (QED) is 0.519. The van der Waals surface area contributed by atoms with Crippen LogP contribution in [0.4, 0.5) is 5.69 Å². The summed E-state index contributed by atoms with van der Waals surface area (Å²) in [7, 11) is 0. The minimum atomic E-state index is -0.782. The average Bonchev–Trinajstić information content (AvgIpc) is 2.49. The predicted octanol–water partition coefficient (Wildman–Crippen LogP) is 2.49. The van der Waals surface area contributed by atoms with Gasteiger partial charge in [-0.1, -0.05) is 11.6 Å². The summed E-state index contributed by atoms with van der Waals surface area (Å²) in [6.45, 7) is 3.25. The van der Waals surface area contributed by atoms with Crippen LogP contribution in [0.25, 0.3) is 0 Å². The van der Waals surface area contributed by atoms with Gasteiger partial charge in [0.2, 0.25) is 5.75 Å². The second kappa shape index (κ2) is 6.52. The highest BCUT2D eigenvalue weighted by molar-refractivity contribution is 6.31. The number of nitro groups is 1. The summed E-state index contributed by atoms with van der Waals surface area (Å²) >= 11 is 5.79. The van der Waals surface area contributed by atoms with E-state index in [1.807, 2.05) is 0 Å². The summed E-state index contributed by atoms with van der Waals surface area (Å²) in [5.41, 5.74) is -0.299. The number of nitrogens with zero attached hydrogens (tertiary/aromatic N) is 4. The van der Waals surface area contributed by atoms with Gasteiger partial charge >= 0.3 is 5.69 Å². The van der Waals surface area contributed by atoms with Gasteiger partial charge in [0, 0.05) is 22.3 Å². The maximum absolute atomic E-state index is 12.2. The molecule has 0 aliphatic rings. The van der Waals surface area contributed by atoms with Crippen LogP contribution >= 0.6 is 11.6 Å². The molecular formula is C15H11ClN4O4. The van der Waals surface area contributed by atoms with Crippen molar-refractivity contribution in [3.8, 4) is 11.8 Å². The molecule has 0 amide bonds. The van der Waals surface area contributed by atoms with Gasteiger partial charge in [-0.15, -0.1) is 0 Å². The standard InChI is InChI=1S/C15H11ClN4O4/c1-8-3-9(2)19(15(22)12(8)6-17)18-7-10-4-11(16)5-13(14(10)21)20(23)24/h3-5,7,21H,1-2H3/b18-7-. The van der Waals surface area contributed by atoms with Crippen molar-refractivity contribution in [3.63, 3.8) is 0 Å². The van der Waals surface area contributed by atoms with Crippen LogP contribution in [0.15, 0.2) is 28.1 Å². The lowest BCUT2D eigenvalue weighted by atomic mass is 10.1. The Morgan fingerprint density at radius 2 is 2.08 bits per heavy atom. The molecular weight excluding hydrogens is 336 g/mol. The number of phenolic OH excluding ortho intramolecular Hbond substituents is 1. The minimum Gasteiger partial charge on any atom is -0.502 e. The second-order valence-electron chi connectivity index (χ2n) is 4.94. The molecule has 9 heteroatoms. The van der Waals surface area contributed by atoms with Gasteiger partial charge in [-0.3, -0.25) is 14.9 Å². The molecule has 1 N–H and O–H groups in total. The third-order valence-corrected chi connectivity index (χ3v) is 3.48. The van der Waals surface area contributed by atoms with Crippen molar-refractivity contribution in [2.45, 2.75) is 13.8 Å². The minimum absolute atomic E-state index is 0.0282. The Morgan fingerprint density at radius 1 is 1.42 bits per heavy atom. The van der Waals surface area contributed by atoms with Gasteiger partial charge in [0.25, 0.3) is 5.56 Å². The molecule has 8 nitrogen and oxygen atoms in total. The van der Waals surface area contributed by atoms with Gasteiger partial charge in [-0.05, 0) is 31.5 Å². The van der Waals surface area contributed by atoms with E-state index in [1.54, 1.807) is 26.0 Å². The number of aryl methyl sites for hydroxylation is 2. The lowest BCUT2D eigenvalue weighted by Crippen LogP contribution is -2.22. The monoisotopic (exact) mass is 346 g/mol. The van der Waals surface area contributed by atoms with Crippen molar-refractivity contribution in [2.24, 2.45) is 5.10 Å². The zero-order chi connectivity index (χ0) is 18.0. The van der Waals surface area contributed by atoms with Crippen molar-refractivity contribution < 1.29 is 10.0 Å². The fraction of sp³-hybridized carbons (Fsp3) is 0.133. The highest BCUT2D eigenvalue weighted by atomic mass is 35.5. The number of pyridine rings is 1. The van der Waals surface area contributed by atoms with Crippen molar-refractivity contribution in [2.75, 3.05) is 0 Å². The number of benzene rings is 1. The molecule has 1 heterocycles. The molecule has 1 aromatic carbocycles. The highest BCUT2D eigenvalue weighted by Gasteiger charge is 2.18. The fourth-order valence-electron chi connectivity index (χ4n) is 2.12.